The number of anilines is 1. The number of halogens is 1. The van der Waals surface area contributed by atoms with Gasteiger partial charge in [-0.25, -0.2) is 8.42 Å². The second kappa shape index (κ2) is 8.44. The third kappa shape index (κ3) is 4.44. The van der Waals surface area contributed by atoms with Crippen molar-refractivity contribution in [3.05, 3.63) is 63.2 Å². The first-order chi connectivity index (χ1) is 13.3. The Balaban J connectivity index is 1.99. The number of benzene rings is 2. The highest BCUT2D eigenvalue weighted by Gasteiger charge is 2.30. The van der Waals surface area contributed by atoms with Crippen LogP contribution >= 0.6 is 11.6 Å². The predicted octanol–water partition coefficient (Wildman–Crippen LogP) is 3.44. The topological polar surface area (TPSA) is 102 Å². The maximum atomic E-state index is 13.1. The molecule has 0 aromatic heterocycles. The third-order valence-corrected chi connectivity index (χ3v) is 6.66. The van der Waals surface area contributed by atoms with Gasteiger partial charge in [-0.05, 0) is 30.7 Å². The van der Waals surface area contributed by atoms with E-state index in [1.54, 1.807) is 18.2 Å². The molecule has 28 heavy (non-hydrogen) atoms. The van der Waals surface area contributed by atoms with E-state index in [0.717, 1.165) is 11.6 Å². The highest BCUT2D eigenvalue weighted by Crippen LogP contribution is 2.32. The molecule has 1 heterocycles. The van der Waals surface area contributed by atoms with Gasteiger partial charge in [0.2, 0.25) is 10.0 Å². The molecule has 3 rings (SSSR count). The number of morpholine rings is 1. The fourth-order valence-corrected chi connectivity index (χ4v) is 4.76. The summed E-state index contributed by atoms with van der Waals surface area (Å²) in [6.07, 6.45) is 0. The van der Waals surface area contributed by atoms with Gasteiger partial charge in [-0.3, -0.25) is 10.1 Å². The molecule has 150 valence electrons. The van der Waals surface area contributed by atoms with Crippen LogP contribution in [0.3, 0.4) is 0 Å². The van der Waals surface area contributed by atoms with Gasteiger partial charge in [-0.2, -0.15) is 4.31 Å². The average Bonchev–Trinajstić information content (AvgIpc) is 2.68. The molecule has 8 nitrogen and oxygen atoms in total. The quantitative estimate of drug-likeness (QED) is 0.561. The molecule has 1 aliphatic rings. The zero-order chi connectivity index (χ0) is 20.3. The SMILES string of the molecule is C[C@H](Nc1ccc([N+](=O)[O-])cc1S(=O)(=O)N1CCOCC1)c1cccc(Cl)c1. The van der Waals surface area contributed by atoms with E-state index in [0.29, 0.717) is 10.7 Å². The van der Waals surface area contributed by atoms with Gasteiger partial charge in [0.15, 0.2) is 0 Å². The van der Waals surface area contributed by atoms with Gasteiger partial charge in [0, 0.05) is 36.3 Å². The number of nitrogens with zero attached hydrogens (tertiary/aromatic N) is 2. The molecule has 0 spiro atoms. The zero-order valence-electron chi connectivity index (χ0n) is 15.2. The molecule has 1 fully saturated rings. The molecule has 0 saturated carbocycles. The lowest BCUT2D eigenvalue weighted by atomic mass is 10.1. The lowest BCUT2D eigenvalue weighted by Gasteiger charge is -2.27. The van der Waals surface area contributed by atoms with Crippen molar-refractivity contribution in [2.24, 2.45) is 0 Å². The van der Waals surface area contributed by atoms with E-state index in [4.69, 9.17) is 16.3 Å². The van der Waals surface area contributed by atoms with Crippen LogP contribution in [-0.4, -0.2) is 43.9 Å². The van der Waals surface area contributed by atoms with Crippen molar-refractivity contribution >= 4 is 33.0 Å². The summed E-state index contributed by atoms with van der Waals surface area (Å²) in [5, 5.41) is 14.9. The van der Waals surface area contributed by atoms with Gasteiger partial charge < -0.3 is 10.1 Å². The number of hydrogen-bond acceptors (Lipinski definition) is 6. The molecule has 10 heteroatoms. The molecule has 1 saturated heterocycles. The maximum Gasteiger partial charge on any atom is 0.270 e. The van der Waals surface area contributed by atoms with Crippen LogP contribution in [0.15, 0.2) is 47.4 Å². The van der Waals surface area contributed by atoms with Crippen LogP contribution in [-0.2, 0) is 14.8 Å². The van der Waals surface area contributed by atoms with Crippen LogP contribution in [0.1, 0.15) is 18.5 Å². The summed E-state index contributed by atoms with van der Waals surface area (Å²) < 4.78 is 32.8. The van der Waals surface area contributed by atoms with Gasteiger partial charge in [-0.15, -0.1) is 0 Å². The Bertz CT molecular complexity index is 977. The smallest absolute Gasteiger partial charge is 0.270 e. The van der Waals surface area contributed by atoms with Crippen LogP contribution in [0, 0.1) is 10.1 Å². The van der Waals surface area contributed by atoms with Gasteiger partial charge >= 0.3 is 0 Å². The van der Waals surface area contributed by atoms with Crippen molar-refractivity contribution in [2.75, 3.05) is 31.6 Å². The molecular weight excluding hydrogens is 406 g/mol. The Morgan fingerprint density at radius 1 is 1.21 bits per heavy atom. The molecule has 0 aliphatic carbocycles. The molecule has 2 aromatic carbocycles. The minimum absolute atomic E-state index is 0.127. The highest BCUT2D eigenvalue weighted by molar-refractivity contribution is 7.89. The van der Waals surface area contributed by atoms with Crippen LogP contribution in [0.5, 0.6) is 0 Å². The van der Waals surface area contributed by atoms with Crippen molar-refractivity contribution in [3.8, 4) is 0 Å². The second-order valence-electron chi connectivity index (χ2n) is 6.38. The van der Waals surface area contributed by atoms with Crippen LogP contribution in [0.25, 0.3) is 0 Å². The average molecular weight is 426 g/mol. The fourth-order valence-electron chi connectivity index (χ4n) is 2.98. The number of rotatable bonds is 6. The Kier molecular flexibility index (Phi) is 6.19. The van der Waals surface area contributed by atoms with E-state index >= 15 is 0 Å². The number of sulfonamides is 1. The number of nitro benzene ring substituents is 1. The first-order valence-electron chi connectivity index (χ1n) is 8.67. The summed E-state index contributed by atoms with van der Waals surface area (Å²) in [4.78, 5) is 10.5. The summed E-state index contributed by atoms with van der Waals surface area (Å²) >= 11 is 6.04. The standard InChI is InChI=1S/C18H20ClN3O5S/c1-13(14-3-2-4-15(19)11-14)20-17-6-5-16(22(23)24)12-18(17)28(25,26)21-7-9-27-10-8-21/h2-6,11-13,20H,7-10H2,1H3/t13-/m0/s1. The lowest BCUT2D eigenvalue weighted by Crippen LogP contribution is -2.40. The first kappa shape index (κ1) is 20.5. The largest absolute Gasteiger partial charge is 0.379 e. The number of nitro groups is 1. The summed E-state index contributed by atoms with van der Waals surface area (Å²) in [7, 11) is -3.92. The Labute approximate surface area is 168 Å². The van der Waals surface area contributed by atoms with E-state index in [1.165, 1.54) is 16.4 Å². The van der Waals surface area contributed by atoms with Crippen molar-refractivity contribution in [2.45, 2.75) is 17.9 Å². The molecular formula is C18H20ClN3O5S. The van der Waals surface area contributed by atoms with E-state index in [2.05, 4.69) is 5.32 Å². The van der Waals surface area contributed by atoms with Crippen LogP contribution in [0.2, 0.25) is 5.02 Å². The lowest BCUT2D eigenvalue weighted by molar-refractivity contribution is -0.385. The Hall–Kier alpha value is -2.20. The number of ether oxygens (including phenoxy) is 1. The van der Waals surface area contributed by atoms with Gasteiger partial charge in [-0.1, -0.05) is 23.7 Å². The highest BCUT2D eigenvalue weighted by atomic mass is 35.5. The summed E-state index contributed by atoms with van der Waals surface area (Å²) in [6.45, 7) is 2.84. The predicted molar refractivity (Wildman–Crippen MR) is 106 cm³/mol. The molecule has 1 aliphatic heterocycles. The molecule has 0 radical (unpaired) electrons. The van der Waals surface area contributed by atoms with Crippen LogP contribution < -0.4 is 5.32 Å². The number of hydrogen-bond donors (Lipinski definition) is 1. The molecule has 0 unspecified atom stereocenters. The van der Waals surface area contributed by atoms with E-state index < -0.39 is 14.9 Å². The normalized spacial score (nSPS) is 16.5. The number of nitrogens with one attached hydrogen (secondary N) is 1. The molecule has 0 bridgehead atoms. The second-order valence-corrected chi connectivity index (χ2v) is 8.72. The maximum absolute atomic E-state index is 13.1. The first-order valence-corrected chi connectivity index (χ1v) is 10.5. The van der Waals surface area contributed by atoms with Crippen molar-refractivity contribution in [3.63, 3.8) is 0 Å². The Morgan fingerprint density at radius 3 is 2.57 bits per heavy atom. The van der Waals surface area contributed by atoms with Gasteiger partial charge in [0.1, 0.15) is 4.90 Å². The van der Waals surface area contributed by atoms with E-state index in [-0.39, 0.29) is 42.9 Å². The summed E-state index contributed by atoms with van der Waals surface area (Å²) in [6, 6.07) is 10.7. The fraction of sp³-hybridized carbons (Fsp3) is 0.333. The minimum atomic E-state index is -3.92. The number of non-ortho nitro benzene ring substituents is 1. The molecule has 1 N–H and O–H groups in total. The van der Waals surface area contributed by atoms with Crippen molar-refractivity contribution in [1.29, 1.82) is 0 Å². The van der Waals surface area contributed by atoms with Crippen molar-refractivity contribution < 1.29 is 18.1 Å². The molecule has 2 aromatic rings. The summed E-state index contributed by atoms with van der Waals surface area (Å²) in [5.74, 6) is 0. The van der Waals surface area contributed by atoms with E-state index in [1.807, 2.05) is 13.0 Å². The monoisotopic (exact) mass is 425 g/mol. The van der Waals surface area contributed by atoms with Gasteiger partial charge in [0.25, 0.3) is 5.69 Å². The third-order valence-electron chi connectivity index (χ3n) is 4.48. The minimum Gasteiger partial charge on any atom is -0.379 e. The van der Waals surface area contributed by atoms with Crippen LogP contribution in [0.4, 0.5) is 11.4 Å². The van der Waals surface area contributed by atoms with Gasteiger partial charge in [0.05, 0.1) is 23.8 Å². The van der Waals surface area contributed by atoms with E-state index in [9.17, 15) is 18.5 Å². The molecule has 0 amide bonds. The molecule has 1 atom stereocenters. The van der Waals surface area contributed by atoms with Crippen molar-refractivity contribution in [1.82, 2.24) is 4.31 Å². The summed E-state index contributed by atoms with van der Waals surface area (Å²) in [5.41, 5.74) is 0.873. The Morgan fingerprint density at radius 2 is 1.93 bits per heavy atom. The zero-order valence-corrected chi connectivity index (χ0v) is 16.7.